The van der Waals surface area contributed by atoms with Gasteiger partial charge in [0.2, 0.25) is 0 Å². The van der Waals surface area contributed by atoms with E-state index in [1.165, 1.54) is 11.6 Å². The lowest BCUT2D eigenvalue weighted by Gasteiger charge is -2.06. The number of benzene rings is 1. The molecular weight excluding hydrogens is 217 g/mol. The average Bonchev–Trinajstić information content (AvgIpc) is 2.67. The molecule has 3 rings (SSSR count). The number of halogens is 1. The molecule has 88 valence electrons. The Kier molecular flexibility index (Phi) is 2.69. The highest BCUT2D eigenvalue weighted by atomic mass is 19.1. The minimum atomic E-state index is -0.218. The van der Waals surface area contributed by atoms with Crippen LogP contribution in [0.2, 0.25) is 0 Å². The Bertz CT molecular complexity index is 571. The van der Waals surface area contributed by atoms with Crippen molar-refractivity contribution in [3.05, 3.63) is 41.9 Å². The van der Waals surface area contributed by atoms with Gasteiger partial charge in [-0.05, 0) is 43.2 Å². The summed E-state index contributed by atoms with van der Waals surface area (Å²) in [6.45, 7) is 1.90. The number of hydrogen-bond acceptors (Lipinski definition) is 2. The third-order valence-corrected chi connectivity index (χ3v) is 3.20. The summed E-state index contributed by atoms with van der Waals surface area (Å²) in [5.41, 5.74) is 2.93. The second kappa shape index (κ2) is 4.34. The van der Waals surface area contributed by atoms with Crippen LogP contribution < -0.4 is 5.32 Å². The van der Waals surface area contributed by atoms with Gasteiger partial charge < -0.3 is 9.73 Å². The van der Waals surface area contributed by atoms with Crippen LogP contribution in [0.4, 0.5) is 4.39 Å². The number of rotatable bonds is 1. The lowest BCUT2D eigenvalue weighted by molar-refractivity contribution is 0.609. The number of nitrogens with one attached hydrogen (secondary N) is 1. The zero-order chi connectivity index (χ0) is 11.7. The highest BCUT2D eigenvalue weighted by Gasteiger charge is 2.13. The Hall–Kier alpha value is -1.61. The van der Waals surface area contributed by atoms with Crippen LogP contribution in [0, 0.1) is 5.82 Å². The van der Waals surface area contributed by atoms with Crippen LogP contribution in [-0.2, 0) is 0 Å². The molecule has 0 radical (unpaired) electrons. The standard InChI is InChI=1S/C14H14FNO/c15-13-4-3-11(14-12(13)6-9-17-14)10-2-1-7-16-8-5-10/h3-6,9,16H,1-2,7-8H2. The SMILES string of the molecule is Fc1ccc(C2=CCNCCC2)c2occc12. The lowest BCUT2D eigenvalue weighted by atomic mass is 9.99. The summed E-state index contributed by atoms with van der Waals surface area (Å²) in [5, 5.41) is 3.89. The fourth-order valence-corrected chi connectivity index (χ4v) is 2.33. The molecule has 1 aromatic carbocycles. The van der Waals surface area contributed by atoms with Crippen LogP contribution in [0.5, 0.6) is 0 Å². The summed E-state index contributed by atoms with van der Waals surface area (Å²) < 4.78 is 19.0. The van der Waals surface area contributed by atoms with Gasteiger partial charge in [0, 0.05) is 12.1 Å². The van der Waals surface area contributed by atoms with Crippen molar-refractivity contribution in [2.24, 2.45) is 0 Å². The van der Waals surface area contributed by atoms with Gasteiger partial charge in [0.25, 0.3) is 0 Å². The minimum absolute atomic E-state index is 0.218. The van der Waals surface area contributed by atoms with Crippen LogP contribution in [-0.4, -0.2) is 13.1 Å². The molecule has 0 spiro atoms. The van der Waals surface area contributed by atoms with Crippen molar-refractivity contribution in [1.82, 2.24) is 5.32 Å². The molecular formula is C14H14FNO. The van der Waals surface area contributed by atoms with Gasteiger partial charge in [0.15, 0.2) is 0 Å². The smallest absolute Gasteiger partial charge is 0.144 e. The molecule has 0 saturated carbocycles. The average molecular weight is 231 g/mol. The molecule has 2 nitrogen and oxygen atoms in total. The zero-order valence-corrected chi connectivity index (χ0v) is 9.50. The third-order valence-electron chi connectivity index (χ3n) is 3.20. The second-order valence-corrected chi connectivity index (χ2v) is 4.30. The molecule has 0 atom stereocenters. The molecule has 1 aromatic heterocycles. The van der Waals surface area contributed by atoms with Gasteiger partial charge in [0.1, 0.15) is 11.4 Å². The summed E-state index contributed by atoms with van der Waals surface area (Å²) in [4.78, 5) is 0. The van der Waals surface area contributed by atoms with Gasteiger partial charge >= 0.3 is 0 Å². The molecule has 1 aliphatic rings. The monoisotopic (exact) mass is 231 g/mol. The van der Waals surface area contributed by atoms with Crippen molar-refractivity contribution in [3.63, 3.8) is 0 Å². The summed E-state index contributed by atoms with van der Waals surface area (Å²) in [7, 11) is 0. The van der Waals surface area contributed by atoms with Crippen molar-refractivity contribution in [2.75, 3.05) is 13.1 Å². The fourth-order valence-electron chi connectivity index (χ4n) is 2.33. The maximum absolute atomic E-state index is 13.6. The first kappa shape index (κ1) is 10.5. The van der Waals surface area contributed by atoms with E-state index in [4.69, 9.17) is 4.42 Å². The van der Waals surface area contributed by atoms with Gasteiger partial charge in [-0.2, -0.15) is 0 Å². The number of fused-ring (bicyclic) bond motifs is 1. The Balaban J connectivity index is 2.13. The van der Waals surface area contributed by atoms with E-state index in [-0.39, 0.29) is 5.82 Å². The van der Waals surface area contributed by atoms with Crippen LogP contribution in [0.1, 0.15) is 18.4 Å². The van der Waals surface area contributed by atoms with Gasteiger partial charge in [-0.3, -0.25) is 0 Å². The number of hydrogen-bond donors (Lipinski definition) is 1. The summed E-state index contributed by atoms with van der Waals surface area (Å²) in [5.74, 6) is -0.218. The van der Waals surface area contributed by atoms with Crippen LogP contribution in [0.25, 0.3) is 16.5 Å². The maximum atomic E-state index is 13.6. The lowest BCUT2D eigenvalue weighted by Crippen LogP contribution is -2.12. The van der Waals surface area contributed by atoms with E-state index in [0.29, 0.717) is 11.0 Å². The highest BCUT2D eigenvalue weighted by molar-refractivity contribution is 5.90. The van der Waals surface area contributed by atoms with E-state index in [0.717, 1.165) is 31.5 Å². The Labute approximate surface area is 99.1 Å². The Morgan fingerprint density at radius 1 is 1.24 bits per heavy atom. The second-order valence-electron chi connectivity index (χ2n) is 4.30. The van der Waals surface area contributed by atoms with Crippen molar-refractivity contribution >= 4 is 16.5 Å². The maximum Gasteiger partial charge on any atom is 0.144 e. The molecule has 2 aromatic rings. The molecule has 0 bridgehead atoms. The molecule has 0 unspecified atom stereocenters. The van der Waals surface area contributed by atoms with Gasteiger partial charge in [-0.1, -0.05) is 6.08 Å². The van der Waals surface area contributed by atoms with E-state index in [1.54, 1.807) is 12.3 Å². The van der Waals surface area contributed by atoms with E-state index < -0.39 is 0 Å². The van der Waals surface area contributed by atoms with Crippen molar-refractivity contribution < 1.29 is 8.81 Å². The van der Waals surface area contributed by atoms with Crippen LogP contribution >= 0.6 is 0 Å². The van der Waals surface area contributed by atoms with E-state index in [1.807, 2.05) is 6.07 Å². The minimum Gasteiger partial charge on any atom is -0.464 e. The predicted octanol–water partition coefficient (Wildman–Crippen LogP) is 3.34. The summed E-state index contributed by atoms with van der Waals surface area (Å²) in [6.07, 6.45) is 5.83. The van der Waals surface area contributed by atoms with E-state index in [9.17, 15) is 4.39 Å². The summed E-state index contributed by atoms with van der Waals surface area (Å²) in [6, 6.07) is 5.02. The molecule has 3 heteroatoms. The van der Waals surface area contributed by atoms with E-state index >= 15 is 0 Å². The quantitative estimate of drug-likeness (QED) is 0.814. The molecule has 0 saturated heterocycles. The molecule has 1 aliphatic heterocycles. The van der Waals surface area contributed by atoms with E-state index in [2.05, 4.69) is 11.4 Å². The Morgan fingerprint density at radius 2 is 2.18 bits per heavy atom. The summed E-state index contributed by atoms with van der Waals surface area (Å²) >= 11 is 0. The topological polar surface area (TPSA) is 25.2 Å². The first-order valence-electron chi connectivity index (χ1n) is 5.92. The fraction of sp³-hybridized carbons (Fsp3) is 0.286. The van der Waals surface area contributed by atoms with Crippen LogP contribution in [0.3, 0.4) is 0 Å². The van der Waals surface area contributed by atoms with Crippen molar-refractivity contribution in [1.29, 1.82) is 0 Å². The van der Waals surface area contributed by atoms with Gasteiger partial charge in [-0.25, -0.2) is 4.39 Å². The molecule has 17 heavy (non-hydrogen) atoms. The molecule has 1 N–H and O–H groups in total. The van der Waals surface area contributed by atoms with Gasteiger partial charge in [0.05, 0.1) is 11.6 Å². The zero-order valence-electron chi connectivity index (χ0n) is 9.50. The van der Waals surface area contributed by atoms with Crippen molar-refractivity contribution in [2.45, 2.75) is 12.8 Å². The third kappa shape index (κ3) is 1.87. The highest BCUT2D eigenvalue weighted by Crippen LogP contribution is 2.30. The largest absolute Gasteiger partial charge is 0.464 e. The molecule has 0 fully saturated rings. The van der Waals surface area contributed by atoms with Gasteiger partial charge in [-0.15, -0.1) is 0 Å². The Morgan fingerprint density at radius 3 is 3.12 bits per heavy atom. The predicted molar refractivity (Wildman–Crippen MR) is 66.3 cm³/mol. The molecule has 0 amide bonds. The molecule has 2 heterocycles. The molecule has 0 aliphatic carbocycles. The normalized spacial score (nSPS) is 16.9. The first-order chi connectivity index (χ1) is 8.36. The number of allylic oxidation sites excluding steroid dienone is 1. The van der Waals surface area contributed by atoms with Crippen molar-refractivity contribution in [3.8, 4) is 0 Å². The number of furan rings is 1. The van der Waals surface area contributed by atoms with Crippen LogP contribution in [0.15, 0.2) is 35.0 Å². The first-order valence-corrected chi connectivity index (χ1v) is 5.92.